The summed E-state index contributed by atoms with van der Waals surface area (Å²) in [5.41, 5.74) is 2.12. The second kappa shape index (κ2) is 6.55. The average molecular weight is 307 g/mol. The molecule has 0 saturated carbocycles. The van der Waals surface area contributed by atoms with Crippen LogP contribution >= 0.6 is 23.2 Å². The molecule has 2 aromatic rings. The normalized spacial score (nSPS) is 10.1. The van der Waals surface area contributed by atoms with Crippen molar-refractivity contribution in [3.63, 3.8) is 0 Å². The molecule has 1 amide bonds. The summed E-state index contributed by atoms with van der Waals surface area (Å²) < 4.78 is 0. The number of hydrogen-bond donors (Lipinski definition) is 2. The molecule has 0 radical (unpaired) electrons. The molecule has 0 bridgehead atoms. The zero-order chi connectivity index (χ0) is 14.5. The highest BCUT2D eigenvalue weighted by atomic mass is 35.5. The molecular formula is C15H12Cl2N2O. The maximum absolute atomic E-state index is 11.4. The highest BCUT2D eigenvalue weighted by Gasteiger charge is 2.12. The lowest BCUT2D eigenvalue weighted by Crippen LogP contribution is -2.16. The van der Waals surface area contributed by atoms with Crippen LogP contribution in [0.5, 0.6) is 0 Å². The number of carbonyl (C=O) groups is 1. The van der Waals surface area contributed by atoms with E-state index in [0.29, 0.717) is 16.3 Å². The minimum absolute atomic E-state index is 0.138. The number of carbonyl (C=O) groups excluding carboxylic acids is 1. The third-order valence-corrected chi connectivity index (χ3v) is 3.19. The maximum atomic E-state index is 11.4. The van der Waals surface area contributed by atoms with E-state index in [9.17, 15) is 4.79 Å². The first-order chi connectivity index (χ1) is 9.61. The molecular weight excluding hydrogens is 295 g/mol. The van der Waals surface area contributed by atoms with Crippen molar-refractivity contribution in [3.05, 3.63) is 64.7 Å². The molecule has 2 N–H and O–H groups in total. The summed E-state index contributed by atoms with van der Waals surface area (Å²) in [5.74, 6) is -0.461. The molecule has 2 aromatic carbocycles. The van der Waals surface area contributed by atoms with Gasteiger partial charge in [0.05, 0.1) is 11.4 Å². The third-order valence-electron chi connectivity index (χ3n) is 2.71. The van der Waals surface area contributed by atoms with Crippen LogP contribution in [0.25, 0.3) is 0 Å². The summed E-state index contributed by atoms with van der Waals surface area (Å²) in [4.78, 5) is 11.4. The van der Waals surface area contributed by atoms with Gasteiger partial charge in [0, 0.05) is 16.1 Å². The molecule has 5 heteroatoms. The molecule has 102 valence electrons. The first-order valence-corrected chi connectivity index (χ1v) is 6.83. The van der Waals surface area contributed by atoms with Crippen LogP contribution in [-0.4, -0.2) is 17.5 Å². The second-order valence-electron chi connectivity index (χ2n) is 4.11. The fourth-order valence-corrected chi connectivity index (χ4v) is 2.02. The van der Waals surface area contributed by atoms with Crippen molar-refractivity contribution in [2.45, 2.75) is 0 Å². The zero-order valence-corrected chi connectivity index (χ0v) is 12.0. The van der Waals surface area contributed by atoms with Gasteiger partial charge in [-0.25, -0.2) is 0 Å². The van der Waals surface area contributed by atoms with Gasteiger partial charge in [-0.05, 0) is 18.2 Å². The minimum Gasteiger partial charge on any atom is -0.324 e. The molecule has 0 aliphatic carbocycles. The van der Waals surface area contributed by atoms with E-state index in [1.807, 2.05) is 30.3 Å². The Bertz CT molecular complexity index is 642. The van der Waals surface area contributed by atoms with E-state index in [4.69, 9.17) is 28.6 Å². The van der Waals surface area contributed by atoms with Gasteiger partial charge in [0.1, 0.15) is 5.88 Å². The number of rotatable bonds is 4. The third kappa shape index (κ3) is 3.38. The summed E-state index contributed by atoms with van der Waals surface area (Å²) >= 11 is 11.5. The van der Waals surface area contributed by atoms with Crippen LogP contribution in [0.3, 0.4) is 0 Å². The van der Waals surface area contributed by atoms with Crippen LogP contribution in [0.2, 0.25) is 5.02 Å². The fraction of sp³-hybridized carbons (Fsp3) is 0.0667. The summed E-state index contributed by atoms with van der Waals surface area (Å²) in [6, 6.07) is 14.2. The van der Waals surface area contributed by atoms with Gasteiger partial charge < -0.3 is 5.32 Å². The van der Waals surface area contributed by atoms with Crippen LogP contribution in [0.15, 0.2) is 48.5 Å². The van der Waals surface area contributed by atoms with E-state index in [-0.39, 0.29) is 17.5 Å². The molecule has 2 rings (SSSR count). The Balaban J connectivity index is 2.41. The highest BCUT2D eigenvalue weighted by Crippen LogP contribution is 2.23. The number of nitrogens with one attached hydrogen (secondary N) is 2. The summed E-state index contributed by atoms with van der Waals surface area (Å²) in [5, 5.41) is 11.4. The molecule has 0 spiro atoms. The minimum atomic E-state index is -0.323. The SMILES string of the molecule is N=C(c1ccccc1)c1cc(Cl)ccc1NC(=O)CCl. The molecule has 0 aromatic heterocycles. The summed E-state index contributed by atoms with van der Waals surface area (Å²) in [7, 11) is 0. The quantitative estimate of drug-likeness (QED) is 0.652. The van der Waals surface area contributed by atoms with Crippen LogP contribution in [0, 0.1) is 5.41 Å². The largest absolute Gasteiger partial charge is 0.324 e. The van der Waals surface area contributed by atoms with Crippen LogP contribution in [0.1, 0.15) is 11.1 Å². The Morgan fingerprint density at radius 2 is 1.85 bits per heavy atom. The second-order valence-corrected chi connectivity index (χ2v) is 4.82. The average Bonchev–Trinajstić information content (AvgIpc) is 2.49. The molecule has 0 aliphatic rings. The predicted octanol–water partition coefficient (Wildman–Crippen LogP) is 3.93. The molecule has 3 nitrogen and oxygen atoms in total. The van der Waals surface area contributed by atoms with Gasteiger partial charge in [0.15, 0.2) is 0 Å². The van der Waals surface area contributed by atoms with Crippen LogP contribution in [-0.2, 0) is 4.79 Å². The lowest BCUT2D eigenvalue weighted by molar-refractivity contribution is -0.113. The number of benzene rings is 2. The monoisotopic (exact) mass is 306 g/mol. The van der Waals surface area contributed by atoms with Crippen LogP contribution in [0.4, 0.5) is 5.69 Å². The molecule has 0 aliphatic heterocycles. The molecule has 0 fully saturated rings. The Morgan fingerprint density at radius 1 is 1.15 bits per heavy atom. The van der Waals surface area contributed by atoms with Crippen molar-refractivity contribution in [1.82, 2.24) is 0 Å². The van der Waals surface area contributed by atoms with Crippen LogP contribution < -0.4 is 5.32 Å². The van der Waals surface area contributed by atoms with Gasteiger partial charge in [-0.1, -0.05) is 41.9 Å². The van der Waals surface area contributed by atoms with Crippen molar-refractivity contribution in [2.24, 2.45) is 0 Å². The van der Waals surface area contributed by atoms with Gasteiger partial charge in [0.2, 0.25) is 5.91 Å². The fourth-order valence-electron chi connectivity index (χ4n) is 1.78. The number of amides is 1. The van der Waals surface area contributed by atoms with Crippen molar-refractivity contribution >= 4 is 40.5 Å². The summed E-state index contributed by atoms with van der Waals surface area (Å²) in [6.45, 7) is 0. The molecule has 0 atom stereocenters. The van der Waals surface area contributed by atoms with E-state index in [1.165, 1.54) is 0 Å². The predicted molar refractivity (Wildman–Crippen MR) is 83.2 cm³/mol. The number of alkyl halides is 1. The molecule has 20 heavy (non-hydrogen) atoms. The Morgan fingerprint density at radius 3 is 2.50 bits per heavy atom. The van der Waals surface area contributed by atoms with Gasteiger partial charge in [-0.3, -0.25) is 10.2 Å². The van der Waals surface area contributed by atoms with E-state index >= 15 is 0 Å². The number of hydrogen-bond acceptors (Lipinski definition) is 2. The zero-order valence-electron chi connectivity index (χ0n) is 10.5. The Labute approximate surface area is 127 Å². The smallest absolute Gasteiger partial charge is 0.239 e. The maximum Gasteiger partial charge on any atom is 0.239 e. The topological polar surface area (TPSA) is 53.0 Å². The van der Waals surface area contributed by atoms with Crippen molar-refractivity contribution in [1.29, 1.82) is 5.41 Å². The standard InChI is InChI=1S/C15H12Cl2N2O/c16-9-14(20)19-13-7-6-11(17)8-12(13)15(18)10-4-2-1-3-5-10/h1-8,18H,9H2,(H,19,20). The van der Waals surface area contributed by atoms with Gasteiger partial charge in [-0.15, -0.1) is 11.6 Å². The van der Waals surface area contributed by atoms with E-state index in [1.54, 1.807) is 18.2 Å². The molecule has 0 heterocycles. The van der Waals surface area contributed by atoms with E-state index in [2.05, 4.69) is 5.32 Å². The Kier molecular flexibility index (Phi) is 4.77. The molecule has 0 saturated heterocycles. The van der Waals surface area contributed by atoms with E-state index in [0.717, 1.165) is 5.56 Å². The van der Waals surface area contributed by atoms with Crippen molar-refractivity contribution in [3.8, 4) is 0 Å². The summed E-state index contributed by atoms with van der Waals surface area (Å²) in [6.07, 6.45) is 0. The highest BCUT2D eigenvalue weighted by molar-refractivity contribution is 6.32. The van der Waals surface area contributed by atoms with Crippen molar-refractivity contribution in [2.75, 3.05) is 11.2 Å². The van der Waals surface area contributed by atoms with E-state index < -0.39 is 0 Å². The van der Waals surface area contributed by atoms with Gasteiger partial charge >= 0.3 is 0 Å². The first kappa shape index (κ1) is 14.6. The Hall–Kier alpha value is -1.84. The number of halogens is 2. The van der Waals surface area contributed by atoms with Gasteiger partial charge in [-0.2, -0.15) is 0 Å². The lowest BCUT2D eigenvalue weighted by Gasteiger charge is -2.12. The van der Waals surface area contributed by atoms with Crippen molar-refractivity contribution < 1.29 is 4.79 Å². The molecule has 0 unspecified atom stereocenters. The number of anilines is 1. The first-order valence-electron chi connectivity index (χ1n) is 5.91. The lowest BCUT2D eigenvalue weighted by atomic mass is 10.0. The van der Waals surface area contributed by atoms with Gasteiger partial charge in [0.25, 0.3) is 0 Å².